The molecule has 1 amide bonds. The van der Waals surface area contributed by atoms with E-state index in [0.29, 0.717) is 32.0 Å². The van der Waals surface area contributed by atoms with E-state index in [1.807, 2.05) is 6.07 Å². The first kappa shape index (κ1) is 18.9. The molecule has 0 saturated heterocycles. The number of carbonyl (C=O) groups excluding carboxylic acids is 2. The summed E-state index contributed by atoms with van der Waals surface area (Å²) in [6.07, 6.45) is 3.11. The minimum Gasteiger partial charge on any atom is -0.451 e. The van der Waals surface area contributed by atoms with Gasteiger partial charge >= 0.3 is 11.7 Å². The summed E-state index contributed by atoms with van der Waals surface area (Å²) >= 11 is 4.81. The molecule has 1 aliphatic carbocycles. The second kappa shape index (κ2) is 7.56. The van der Waals surface area contributed by atoms with Crippen LogP contribution in [0.1, 0.15) is 33.5 Å². The number of anilines is 1. The predicted molar refractivity (Wildman–Crippen MR) is 111 cm³/mol. The third-order valence-corrected chi connectivity index (χ3v) is 6.62. The number of rotatable bonds is 4. The molecule has 0 aliphatic heterocycles. The Kier molecular flexibility index (Phi) is 5.11. The summed E-state index contributed by atoms with van der Waals surface area (Å²) in [5, 5.41) is 2.68. The number of carbonyl (C=O) groups is 2. The lowest BCUT2D eigenvalue weighted by molar-refractivity contribution is -0.119. The van der Waals surface area contributed by atoms with Gasteiger partial charge in [-0.1, -0.05) is 6.92 Å². The van der Waals surface area contributed by atoms with E-state index in [0.717, 1.165) is 19.3 Å². The number of aromatic amines is 2. The molecule has 1 aliphatic rings. The van der Waals surface area contributed by atoms with Crippen LogP contribution in [0.15, 0.2) is 27.5 Å². The zero-order chi connectivity index (χ0) is 19.8. The number of hydrogen-bond donors (Lipinski definition) is 3. The number of H-pyrrole nitrogens is 2. The van der Waals surface area contributed by atoms with E-state index in [2.05, 4.69) is 38.1 Å². The van der Waals surface area contributed by atoms with E-state index in [1.54, 1.807) is 12.1 Å². The molecule has 28 heavy (non-hydrogen) atoms. The summed E-state index contributed by atoms with van der Waals surface area (Å²) in [5.74, 6) is -0.310. The number of esters is 1. The second-order valence-corrected chi connectivity index (χ2v) is 8.98. The molecule has 0 fully saturated rings. The quantitative estimate of drug-likeness (QED) is 0.514. The number of halogens is 1. The van der Waals surface area contributed by atoms with Crippen molar-refractivity contribution in [2.24, 2.45) is 5.92 Å². The van der Waals surface area contributed by atoms with Crippen LogP contribution in [-0.2, 0) is 22.4 Å². The molecule has 0 spiro atoms. The molecule has 3 N–H and O–H groups in total. The van der Waals surface area contributed by atoms with E-state index in [-0.39, 0.29) is 12.3 Å². The Hall–Kier alpha value is -2.39. The van der Waals surface area contributed by atoms with Gasteiger partial charge in [-0.15, -0.1) is 11.3 Å². The van der Waals surface area contributed by atoms with Crippen molar-refractivity contribution >= 4 is 55.9 Å². The molecule has 0 radical (unpaired) electrons. The zero-order valence-corrected chi connectivity index (χ0v) is 17.5. The molecule has 0 saturated carbocycles. The van der Waals surface area contributed by atoms with Crippen LogP contribution in [0.4, 0.5) is 5.69 Å². The van der Waals surface area contributed by atoms with Crippen molar-refractivity contribution in [1.29, 1.82) is 0 Å². The second-order valence-electron chi connectivity index (χ2n) is 6.99. The van der Waals surface area contributed by atoms with E-state index >= 15 is 0 Å². The van der Waals surface area contributed by atoms with Crippen molar-refractivity contribution in [3.8, 4) is 0 Å². The molecule has 9 heteroatoms. The first-order valence-corrected chi connectivity index (χ1v) is 10.5. The Bertz CT molecular complexity index is 1130. The predicted octanol–water partition coefficient (Wildman–Crippen LogP) is 3.60. The number of benzene rings is 1. The average molecular weight is 464 g/mol. The summed E-state index contributed by atoms with van der Waals surface area (Å²) in [5.41, 5.74) is 2.56. The Morgan fingerprint density at radius 3 is 2.82 bits per heavy atom. The summed E-state index contributed by atoms with van der Waals surface area (Å²) in [6, 6.07) is 5.21. The third-order valence-electron chi connectivity index (χ3n) is 4.74. The van der Waals surface area contributed by atoms with Gasteiger partial charge < -0.3 is 20.0 Å². The minimum absolute atomic E-state index is 0.327. The number of amides is 1. The van der Waals surface area contributed by atoms with Gasteiger partial charge in [-0.3, -0.25) is 4.79 Å². The normalized spacial score (nSPS) is 16.0. The van der Waals surface area contributed by atoms with Gasteiger partial charge in [0.15, 0.2) is 6.61 Å². The largest absolute Gasteiger partial charge is 0.451 e. The Morgan fingerprint density at radius 1 is 1.29 bits per heavy atom. The zero-order valence-electron chi connectivity index (χ0n) is 15.1. The summed E-state index contributed by atoms with van der Waals surface area (Å²) in [4.78, 5) is 42.9. The van der Waals surface area contributed by atoms with Crippen LogP contribution >= 0.6 is 27.3 Å². The van der Waals surface area contributed by atoms with Crippen molar-refractivity contribution in [2.45, 2.75) is 26.2 Å². The summed E-state index contributed by atoms with van der Waals surface area (Å²) in [7, 11) is 0. The Labute approximate surface area is 172 Å². The van der Waals surface area contributed by atoms with Crippen LogP contribution in [-0.4, -0.2) is 28.5 Å². The molecule has 1 atom stereocenters. The van der Waals surface area contributed by atoms with Crippen molar-refractivity contribution in [1.82, 2.24) is 9.97 Å². The number of ether oxygens (including phenoxy) is 1. The van der Waals surface area contributed by atoms with E-state index in [4.69, 9.17) is 4.74 Å². The number of aryl methyl sites for hydroxylation is 1. The summed E-state index contributed by atoms with van der Waals surface area (Å²) in [6.45, 7) is 1.83. The Morgan fingerprint density at radius 2 is 2.04 bits per heavy atom. The molecule has 7 nitrogen and oxygen atoms in total. The maximum absolute atomic E-state index is 12.3. The van der Waals surface area contributed by atoms with Crippen molar-refractivity contribution in [3.05, 3.63) is 48.5 Å². The first-order valence-electron chi connectivity index (χ1n) is 8.89. The van der Waals surface area contributed by atoms with Gasteiger partial charge in [0.25, 0.3) is 5.91 Å². The van der Waals surface area contributed by atoms with Crippen LogP contribution < -0.4 is 11.0 Å². The molecule has 2 heterocycles. The highest BCUT2D eigenvalue weighted by molar-refractivity contribution is 9.10. The molecule has 0 bridgehead atoms. The lowest BCUT2D eigenvalue weighted by atomic mass is 9.90. The highest BCUT2D eigenvalue weighted by atomic mass is 79.9. The molecule has 0 unspecified atom stereocenters. The minimum atomic E-state index is -0.480. The monoisotopic (exact) mass is 463 g/mol. The molecule has 1 aromatic carbocycles. The number of hydrogen-bond acceptors (Lipinski definition) is 5. The fourth-order valence-electron chi connectivity index (χ4n) is 3.35. The van der Waals surface area contributed by atoms with Crippen LogP contribution in [0.5, 0.6) is 0 Å². The maximum Gasteiger partial charge on any atom is 0.348 e. The molecular weight excluding hydrogens is 446 g/mol. The molecule has 3 aromatic rings. The van der Waals surface area contributed by atoms with Crippen LogP contribution in [0.25, 0.3) is 11.0 Å². The van der Waals surface area contributed by atoms with Crippen molar-refractivity contribution < 1.29 is 14.3 Å². The Balaban J connectivity index is 1.39. The fraction of sp³-hybridized carbons (Fsp3) is 0.316. The van der Waals surface area contributed by atoms with Gasteiger partial charge in [0.2, 0.25) is 0 Å². The van der Waals surface area contributed by atoms with E-state index < -0.39 is 11.9 Å². The number of thiophene rings is 1. The van der Waals surface area contributed by atoms with Crippen molar-refractivity contribution in [2.75, 3.05) is 11.9 Å². The smallest absolute Gasteiger partial charge is 0.348 e. The van der Waals surface area contributed by atoms with Gasteiger partial charge in [0, 0.05) is 9.35 Å². The van der Waals surface area contributed by atoms with Crippen molar-refractivity contribution in [3.63, 3.8) is 0 Å². The molecular formula is C19H18BrN3O4S. The first-order chi connectivity index (χ1) is 13.4. The van der Waals surface area contributed by atoms with Gasteiger partial charge in [-0.05, 0) is 64.9 Å². The van der Waals surface area contributed by atoms with Gasteiger partial charge in [-0.2, -0.15) is 0 Å². The summed E-state index contributed by atoms with van der Waals surface area (Å²) < 4.78 is 5.78. The van der Waals surface area contributed by atoms with Crippen LogP contribution in [0.3, 0.4) is 0 Å². The molecule has 2 aromatic heterocycles. The SMILES string of the molecule is C[C@@H]1CCc2sc(C(=O)OCC(=O)Nc3cc4[nH]c(=O)[nH]c4cc3Br)cc2C1. The number of nitrogens with one attached hydrogen (secondary N) is 3. The van der Waals surface area contributed by atoms with Crippen LogP contribution in [0, 0.1) is 5.92 Å². The fourth-order valence-corrected chi connectivity index (χ4v) is 4.89. The van der Waals surface area contributed by atoms with E-state index in [1.165, 1.54) is 21.8 Å². The van der Waals surface area contributed by atoms with Gasteiger partial charge in [-0.25, -0.2) is 9.59 Å². The lowest BCUT2D eigenvalue weighted by Gasteiger charge is -2.16. The highest BCUT2D eigenvalue weighted by Crippen LogP contribution is 2.32. The number of aromatic nitrogens is 2. The lowest BCUT2D eigenvalue weighted by Crippen LogP contribution is -2.20. The standard InChI is InChI=1S/C19H18BrN3O4S/c1-9-2-3-15-10(4-9)5-16(28-15)18(25)27-8-17(24)21-12-7-14-13(6-11(12)20)22-19(26)23-14/h5-7,9H,2-4,8H2,1H3,(H,21,24)(H2,22,23,26)/t9-/m1/s1. The average Bonchev–Trinajstić information content (AvgIpc) is 3.21. The van der Waals surface area contributed by atoms with Gasteiger partial charge in [0.1, 0.15) is 4.88 Å². The van der Waals surface area contributed by atoms with E-state index in [9.17, 15) is 14.4 Å². The third kappa shape index (κ3) is 3.90. The maximum atomic E-state index is 12.3. The van der Waals surface area contributed by atoms with Gasteiger partial charge in [0.05, 0.1) is 16.7 Å². The topological polar surface area (TPSA) is 104 Å². The number of imidazole rings is 1. The highest BCUT2D eigenvalue weighted by Gasteiger charge is 2.22. The molecule has 146 valence electrons. The number of fused-ring (bicyclic) bond motifs is 2. The van der Waals surface area contributed by atoms with Crippen LogP contribution in [0.2, 0.25) is 0 Å². The molecule has 4 rings (SSSR count).